The van der Waals surface area contributed by atoms with Crippen LogP contribution >= 0.6 is 23.5 Å². The van der Waals surface area contributed by atoms with E-state index in [0.29, 0.717) is 5.92 Å². The van der Waals surface area contributed by atoms with Crippen LogP contribution in [0.15, 0.2) is 57.2 Å². The quantitative estimate of drug-likeness (QED) is 0.847. The number of fused-ring (bicyclic) bond motifs is 3. The highest BCUT2D eigenvalue weighted by atomic mass is 32.2. The van der Waals surface area contributed by atoms with Gasteiger partial charge >= 0.3 is 0 Å². The maximum atomic E-state index is 3.63. The molecule has 5 rings (SSSR count). The molecule has 0 saturated carbocycles. The summed E-state index contributed by atoms with van der Waals surface area (Å²) in [5.41, 5.74) is 3.16. The van der Waals surface area contributed by atoms with Crippen LogP contribution in [-0.4, -0.2) is 31.4 Å². The summed E-state index contributed by atoms with van der Waals surface area (Å²) in [5.74, 6) is 1.92. The summed E-state index contributed by atoms with van der Waals surface area (Å²) in [5, 5.41) is 3.63. The normalized spacial score (nSPS) is 25.1. The van der Waals surface area contributed by atoms with Crippen molar-refractivity contribution in [1.29, 1.82) is 0 Å². The van der Waals surface area contributed by atoms with Gasteiger partial charge in [0.2, 0.25) is 0 Å². The van der Waals surface area contributed by atoms with Crippen molar-refractivity contribution < 1.29 is 0 Å². The molecule has 0 amide bonds. The van der Waals surface area contributed by atoms with Gasteiger partial charge in [0.15, 0.2) is 0 Å². The van der Waals surface area contributed by atoms with Crippen LogP contribution in [0.1, 0.15) is 24.3 Å². The molecular weight excluding hydrogens is 332 g/mol. The van der Waals surface area contributed by atoms with Gasteiger partial charge in [-0.25, -0.2) is 0 Å². The van der Waals surface area contributed by atoms with Crippen LogP contribution in [0, 0.1) is 0 Å². The molecule has 2 nitrogen and oxygen atoms in total. The Kier molecular flexibility index (Phi) is 4.00. The van der Waals surface area contributed by atoms with Crippen LogP contribution in [-0.2, 0) is 0 Å². The van der Waals surface area contributed by atoms with E-state index in [2.05, 4.69) is 64.4 Å². The third-order valence-electron chi connectivity index (χ3n) is 5.39. The first-order chi connectivity index (χ1) is 11.9. The molecule has 0 unspecified atom stereocenters. The number of thioether (sulfide) groups is 1. The Labute approximate surface area is 152 Å². The Morgan fingerprint density at radius 2 is 2.04 bits per heavy atom. The summed E-state index contributed by atoms with van der Waals surface area (Å²) in [6.45, 7) is 3.54. The topological polar surface area (TPSA) is 15.3 Å². The van der Waals surface area contributed by atoms with Gasteiger partial charge in [-0.1, -0.05) is 30.0 Å². The molecule has 24 heavy (non-hydrogen) atoms. The van der Waals surface area contributed by atoms with Gasteiger partial charge in [-0.15, -0.1) is 11.8 Å². The molecule has 2 aromatic rings. The minimum absolute atomic E-state index is 0.669. The maximum absolute atomic E-state index is 3.63. The highest BCUT2D eigenvalue weighted by molar-refractivity contribution is 8.00. The third kappa shape index (κ3) is 2.56. The Morgan fingerprint density at radius 1 is 1.12 bits per heavy atom. The Hall–Kier alpha value is -1.10. The summed E-state index contributed by atoms with van der Waals surface area (Å²) < 4.78 is 0. The molecule has 0 aromatic heterocycles. The lowest BCUT2D eigenvalue weighted by molar-refractivity contribution is 0.403. The lowest BCUT2D eigenvalue weighted by Gasteiger charge is -2.33. The number of nitrogens with zero attached hydrogens (tertiary/aromatic N) is 1. The largest absolute Gasteiger partial charge is 0.367 e. The number of hydrogen-bond donors (Lipinski definition) is 1. The fourth-order valence-electron chi connectivity index (χ4n) is 4.38. The van der Waals surface area contributed by atoms with Crippen LogP contribution in [0.2, 0.25) is 0 Å². The third-order valence-corrected chi connectivity index (χ3v) is 7.48. The van der Waals surface area contributed by atoms with Gasteiger partial charge in [0.25, 0.3) is 0 Å². The van der Waals surface area contributed by atoms with Crippen LogP contribution < -0.4 is 10.2 Å². The van der Waals surface area contributed by atoms with Gasteiger partial charge in [-0.05, 0) is 55.0 Å². The second kappa shape index (κ2) is 6.32. The predicted molar refractivity (Wildman–Crippen MR) is 104 cm³/mol. The first-order valence-electron chi connectivity index (χ1n) is 8.91. The number of anilines is 1. The lowest BCUT2D eigenvalue weighted by Crippen LogP contribution is -2.44. The molecule has 2 atom stereocenters. The molecule has 1 fully saturated rings. The van der Waals surface area contributed by atoms with Crippen molar-refractivity contribution in [1.82, 2.24) is 5.32 Å². The van der Waals surface area contributed by atoms with Gasteiger partial charge in [0.1, 0.15) is 0 Å². The van der Waals surface area contributed by atoms with E-state index in [4.69, 9.17) is 0 Å². The summed E-state index contributed by atoms with van der Waals surface area (Å²) in [6, 6.07) is 16.4. The van der Waals surface area contributed by atoms with Gasteiger partial charge in [-0.2, -0.15) is 0 Å². The van der Waals surface area contributed by atoms with Crippen molar-refractivity contribution in [3.05, 3.63) is 48.0 Å². The summed E-state index contributed by atoms with van der Waals surface area (Å²) in [4.78, 5) is 6.98. The van der Waals surface area contributed by atoms with Gasteiger partial charge in [-0.3, -0.25) is 0 Å². The number of rotatable bonds is 2. The number of benzene rings is 2. The zero-order valence-corrected chi connectivity index (χ0v) is 15.3. The van der Waals surface area contributed by atoms with Crippen molar-refractivity contribution >= 4 is 29.2 Å². The molecule has 3 aliphatic rings. The first kappa shape index (κ1) is 15.2. The number of hydrogen-bond acceptors (Lipinski definition) is 4. The smallest absolute Gasteiger partial charge is 0.0544 e. The fourth-order valence-corrected chi connectivity index (χ4v) is 6.46. The Balaban J connectivity index is 1.58. The molecule has 3 heterocycles. The average molecular weight is 355 g/mol. The minimum atomic E-state index is 0.669. The molecule has 0 spiro atoms. The predicted octanol–water partition coefficient (Wildman–Crippen LogP) is 4.60. The van der Waals surface area contributed by atoms with E-state index >= 15 is 0 Å². The molecule has 3 aliphatic heterocycles. The van der Waals surface area contributed by atoms with Crippen molar-refractivity contribution in [2.24, 2.45) is 0 Å². The van der Waals surface area contributed by atoms with E-state index in [0.717, 1.165) is 12.6 Å². The highest BCUT2D eigenvalue weighted by Crippen LogP contribution is 2.51. The molecule has 4 heteroatoms. The van der Waals surface area contributed by atoms with E-state index in [1.165, 1.54) is 46.4 Å². The molecular formula is C20H22N2S2. The van der Waals surface area contributed by atoms with Gasteiger partial charge in [0.05, 0.1) is 5.69 Å². The standard InChI is InChI=1S/C20H22N2S2/c1-2-5-14(6-3-1)24-15-11-16-17-13-21-8-7-18(17)22-9-4-10-23-19(12-15)20(16)22/h1-3,5-6,11-12,17-18,21H,4,7-10,13H2/t17-,18-/m0/s1. The van der Waals surface area contributed by atoms with Crippen LogP contribution in [0.25, 0.3) is 0 Å². The molecule has 1 saturated heterocycles. The Morgan fingerprint density at radius 3 is 2.96 bits per heavy atom. The SMILES string of the molecule is c1ccc(Sc2cc3c4c(c2)[C@@H]2CNCC[C@@H]2N4CCCS3)cc1. The van der Waals surface area contributed by atoms with E-state index in [-0.39, 0.29) is 0 Å². The van der Waals surface area contributed by atoms with Crippen LogP contribution in [0.5, 0.6) is 0 Å². The summed E-state index contributed by atoms with van der Waals surface area (Å²) in [7, 11) is 0. The monoisotopic (exact) mass is 354 g/mol. The summed E-state index contributed by atoms with van der Waals surface area (Å²) in [6.07, 6.45) is 2.58. The van der Waals surface area contributed by atoms with Crippen molar-refractivity contribution in [2.75, 3.05) is 30.3 Å². The number of nitrogens with one attached hydrogen (secondary N) is 1. The van der Waals surface area contributed by atoms with Crippen LogP contribution in [0.4, 0.5) is 5.69 Å². The zero-order chi connectivity index (χ0) is 15.9. The van der Waals surface area contributed by atoms with Gasteiger partial charge in [0, 0.05) is 39.7 Å². The van der Waals surface area contributed by atoms with Crippen molar-refractivity contribution in [2.45, 2.75) is 39.5 Å². The first-order valence-corrected chi connectivity index (χ1v) is 10.7. The average Bonchev–Trinajstić information content (AvgIpc) is 2.78. The van der Waals surface area contributed by atoms with E-state index in [9.17, 15) is 0 Å². The second-order valence-electron chi connectivity index (χ2n) is 6.84. The lowest BCUT2D eigenvalue weighted by atomic mass is 9.90. The zero-order valence-electron chi connectivity index (χ0n) is 13.7. The van der Waals surface area contributed by atoms with Gasteiger partial charge < -0.3 is 10.2 Å². The second-order valence-corrected chi connectivity index (χ2v) is 9.12. The minimum Gasteiger partial charge on any atom is -0.367 e. The molecule has 0 radical (unpaired) electrons. The molecule has 0 bridgehead atoms. The van der Waals surface area contributed by atoms with E-state index < -0.39 is 0 Å². The molecule has 0 aliphatic carbocycles. The maximum Gasteiger partial charge on any atom is 0.0544 e. The summed E-state index contributed by atoms with van der Waals surface area (Å²) >= 11 is 3.96. The highest BCUT2D eigenvalue weighted by Gasteiger charge is 2.41. The van der Waals surface area contributed by atoms with Crippen LogP contribution in [0.3, 0.4) is 0 Å². The molecule has 1 N–H and O–H groups in total. The molecule has 2 aromatic carbocycles. The van der Waals surface area contributed by atoms with Crippen molar-refractivity contribution in [3.63, 3.8) is 0 Å². The van der Waals surface area contributed by atoms with E-state index in [1.54, 1.807) is 11.3 Å². The van der Waals surface area contributed by atoms with Crippen molar-refractivity contribution in [3.8, 4) is 0 Å². The number of piperidine rings is 1. The van der Waals surface area contributed by atoms with E-state index in [1.807, 2.05) is 11.8 Å². The molecule has 124 valence electrons. The Bertz CT molecular complexity index is 747. The fraction of sp³-hybridized carbons (Fsp3) is 0.400.